The predicted molar refractivity (Wildman–Crippen MR) is 63.8 cm³/mol. The highest BCUT2D eigenvalue weighted by atomic mass is 16.5. The maximum atomic E-state index is 5.58. The molecular formula is C12H20N2O2. The molecule has 0 spiro atoms. The van der Waals surface area contributed by atoms with E-state index in [1.807, 2.05) is 26.0 Å². The summed E-state index contributed by atoms with van der Waals surface area (Å²) in [4.78, 5) is 4.15. The first-order valence-corrected chi connectivity index (χ1v) is 5.67. The van der Waals surface area contributed by atoms with E-state index in [1.165, 1.54) is 0 Å². The zero-order valence-electron chi connectivity index (χ0n) is 10.0. The number of hydrogen-bond acceptors (Lipinski definition) is 4. The van der Waals surface area contributed by atoms with Crippen molar-refractivity contribution in [2.45, 2.75) is 13.8 Å². The minimum atomic E-state index is 0.651. The largest absolute Gasteiger partial charge is 0.490 e. The van der Waals surface area contributed by atoms with Crippen LogP contribution in [0, 0.1) is 6.92 Å². The first-order chi connectivity index (χ1) is 7.84. The quantitative estimate of drug-likeness (QED) is 0.678. The average Bonchev–Trinajstić information content (AvgIpc) is 2.30. The molecular weight excluding hydrogens is 204 g/mol. The zero-order valence-corrected chi connectivity index (χ0v) is 10.0. The van der Waals surface area contributed by atoms with Crippen molar-refractivity contribution in [2.75, 3.05) is 32.9 Å². The molecule has 0 aliphatic heterocycles. The lowest BCUT2D eigenvalue weighted by Crippen LogP contribution is -2.25. The molecule has 0 aliphatic carbocycles. The van der Waals surface area contributed by atoms with Gasteiger partial charge in [0.05, 0.1) is 12.3 Å². The number of aromatic nitrogens is 1. The Labute approximate surface area is 97.0 Å². The Morgan fingerprint density at radius 2 is 2.12 bits per heavy atom. The van der Waals surface area contributed by atoms with E-state index < -0.39 is 0 Å². The van der Waals surface area contributed by atoms with E-state index in [2.05, 4.69) is 10.3 Å². The number of nitrogens with zero attached hydrogens (tertiary/aromatic N) is 1. The van der Waals surface area contributed by atoms with Gasteiger partial charge in [0.1, 0.15) is 12.4 Å². The van der Waals surface area contributed by atoms with Gasteiger partial charge in [0.25, 0.3) is 0 Å². The van der Waals surface area contributed by atoms with Crippen LogP contribution in [0.15, 0.2) is 18.3 Å². The Balaban J connectivity index is 2.05. The maximum absolute atomic E-state index is 5.58. The molecule has 0 saturated carbocycles. The van der Waals surface area contributed by atoms with Crippen LogP contribution in [-0.4, -0.2) is 37.9 Å². The molecule has 90 valence electrons. The Morgan fingerprint density at radius 3 is 2.88 bits per heavy atom. The summed E-state index contributed by atoms with van der Waals surface area (Å²) < 4.78 is 10.8. The normalized spacial score (nSPS) is 10.4. The van der Waals surface area contributed by atoms with Crippen LogP contribution >= 0.6 is 0 Å². The van der Waals surface area contributed by atoms with Crippen LogP contribution in [0.5, 0.6) is 5.75 Å². The summed E-state index contributed by atoms with van der Waals surface area (Å²) in [5.41, 5.74) is 0.928. The van der Waals surface area contributed by atoms with Crippen LogP contribution in [0.2, 0.25) is 0 Å². The molecule has 0 atom stereocenters. The molecule has 0 unspecified atom stereocenters. The molecule has 0 amide bonds. The third kappa shape index (κ3) is 5.09. The summed E-state index contributed by atoms with van der Waals surface area (Å²) in [5, 5.41) is 3.24. The van der Waals surface area contributed by atoms with Gasteiger partial charge < -0.3 is 14.8 Å². The van der Waals surface area contributed by atoms with Crippen LogP contribution in [0.4, 0.5) is 0 Å². The Hall–Kier alpha value is -1.13. The number of pyridine rings is 1. The van der Waals surface area contributed by atoms with E-state index in [0.717, 1.165) is 37.7 Å². The van der Waals surface area contributed by atoms with Gasteiger partial charge >= 0.3 is 0 Å². The van der Waals surface area contributed by atoms with Crippen molar-refractivity contribution in [1.29, 1.82) is 0 Å². The minimum absolute atomic E-state index is 0.651. The summed E-state index contributed by atoms with van der Waals surface area (Å²) in [7, 11) is 0. The van der Waals surface area contributed by atoms with Gasteiger partial charge in [-0.2, -0.15) is 0 Å². The average molecular weight is 224 g/mol. The molecule has 0 radical (unpaired) electrons. The molecule has 0 saturated heterocycles. The third-order valence-corrected chi connectivity index (χ3v) is 2.12. The van der Waals surface area contributed by atoms with E-state index in [0.29, 0.717) is 6.61 Å². The van der Waals surface area contributed by atoms with Gasteiger partial charge in [-0.3, -0.25) is 4.98 Å². The summed E-state index contributed by atoms with van der Waals surface area (Å²) in [6, 6.07) is 3.81. The zero-order chi connectivity index (χ0) is 11.6. The highest BCUT2D eigenvalue weighted by molar-refractivity contribution is 5.25. The molecule has 0 aromatic carbocycles. The lowest BCUT2D eigenvalue weighted by atomic mass is 10.3. The smallest absolute Gasteiger partial charge is 0.140 e. The molecule has 0 bridgehead atoms. The number of nitrogens with one attached hydrogen (secondary N) is 1. The van der Waals surface area contributed by atoms with Gasteiger partial charge in [0, 0.05) is 25.9 Å². The molecule has 1 N–H and O–H groups in total. The van der Waals surface area contributed by atoms with Crippen molar-refractivity contribution in [3.8, 4) is 5.75 Å². The molecule has 1 aromatic heterocycles. The maximum Gasteiger partial charge on any atom is 0.140 e. The van der Waals surface area contributed by atoms with Crippen molar-refractivity contribution >= 4 is 0 Å². The molecule has 1 aromatic rings. The second kappa shape index (κ2) is 8.07. The molecule has 4 heteroatoms. The van der Waals surface area contributed by atoms with E-state index in [1.54, 1.807) is 6.20 Å². The fourth-order valence-electron chi connectivity index (χ4n) is 1.27. The highest BCUT2D eigenvalue weighted by Crippen LogP contribution is 2.12. The standard InChI is InChI=1S/C12H20N2O2/c1-3-15-9-7-13-8-10-16-12-5-4-6-14-11(12)2/h4-6,13H,3,7-10H2,1-2H3. The monoisotopic (exact) mass is 224 g/mol. The van der Waals surface area contributed by atoms with E-state index in [-0.39, 0.29) is 0 Å². The van der Waals surface area contributed by atoms with Gasteiger partial charge in [0.15, 0.2) is 0 Å². The van der Waals surface area contributed by atoms with Crippen LogP contribution in [0.3, 0.4) is 0 Å². The van der Waals surface area contributed by atoms with Crippen molar-refractivity contribution in [2.24, 2.45) is 0 Å². The van der Waals surface area contributed by atoms with Crippen LogP contribution in [0.25, 0.3) is 0 Å². The number of hydrogen-bond donors (Lipinski definition) is 1. The number of aryl methyl sites for hydroxylation is 1. The molecule has 16 heavy (non-hydrogen) atoms. The number of ether oxygens (including phenoxy) is 2. The van der Waals surface area contributed by atoms with Gasteiger partial charge in [-0.1, -0.05) is 0 Å². The first kappa shape index (κ1) is 12.9. The van der Waals surface area contributed by atoms with Crippen molar-refractivity contribution in [3.05, 3.63) is 24.0 Å². The summed E-state index contributed by atoms with van der Waals surface area (Å²) in [5.74, 6) is 0.856. The molecule has 1 rings (SSSR count). The fraction of sp³-hybridized carbons (Fsp3) is 0.583. The Kier molecular flexibility index (Phi) is 6.53. The lowest BCUT2D eigenvalue weighted by Gasteiger charge is -2.08. The molecule has 4 nitrogen and oxygen atoms in total. The van der Waals surface area contributed by atoms with E-state index in [9.17, 15) is 0 Å². The summed E-state index contributed by atoms with van der Waals surface area (Å²) in [6.07, 6.45) is 1.77. The number of rotatable bonds is 8. The van der Waals surface area contributed by atoms with E-state index >= 15 is 0 Å². The van der Waals surface area contributed by atoms with Crippen LogP contribution in [0.1, 0.15) is 12.6 Å². The summed E-state index contributed by atoms with van der Waals surface area (Å²) in [6.45, 7) is 7.80. The Morgan fingerprint density at radius 1 is 1.31 bits per heavy atom. The van der Waals surface area contributed by atoms with Crippen molar-refractivity contribution in [3.63, 3.8) is 0 Å². The van der Waals surface area contributed by atoms with Gasteiger partial charge in [0.2, 0.25) is 0 Å². The Bertz CT molecular complexity index is 292. The summed E-state index contributed by atoms with van der Waals surface area (Å²) >= 11 is 0. The molecule has 0 aliphatic rings. The first-order valence-electron chi connectivity index (χ1n) is 5.67. The SMILES string of the molecule is CCOCCNCCOc1cccnc1C. The fourth-order valence-corrected chi connectivity index (χ4v) is 1.27. The third-order valence-electron chi connectivity index (χ3n) is 2.12. The van der Waals surface area contributed by atoms with E-state index in [4.69, 9.17) is 9.47 Å². The van der Waals surface area contributed by atoms with Crippen LogP contribution in [-0.2, 0) is 4.74 Å². The van der Waals surface area contributed by atoms with Crippen molar-refractivity contribution in [1.82, 2.24) is 10.3 Å². The molecule has 1 heterocycles. The minimum Gasteiger partial charge on any atom is -0.490 e. The lowest BCUT2D eigenvalue weighted by molar-refractivity contribution is 0.148. The van der Waals surface area contributed by atoms with Crippen LogP contribution < -0.4 is 10.1 Å². The second-order valence-electron chi connectivity index (χ2n) is 3.38. The predicted octanol–water partition coefficient (Wildman–Crippen LogP) is 1.39. The highest BCUT2D eigenvalue weighted by Gasteiger charge is 1.97. The topological polar surface area (TPSA) is 43.4 Å². The van der Waals surface area contributed by atoms with Gasteiger partial charge in [-0.15, -0.1) is 0 Å². The molecule has 0 fully saturated rings. The van der Waals surface area contributed by atoms with Gasteiger partial charge in [-0.05, 0) is 26.0 Å². The second-order valence-corrected chi connectivity index (χ2v) is 3.38. The van der Waals surface area contributed by atoms with Crippen molar-refractivity contribution < 1.29 is 9.47 Å². The van der Waals surface area contributed by atoms with Gasteiger partial charge in [-0.25, -0.2) is 0 Å².